The van der Waals surface area contributed by atoms with E-state index < -0.39 is 11.9 Å². The highest BCUT2D eigenvalue weighted by molar-refractivity contribution is 5.90. The van der Waals surface area contributed by atoms with E-state index in [1.165, 1.54) is 5.56 Å². The molecule has 2 aromatic rings. The van der Waals surface area contributed by atoms with Gasteiger partial charge in [-0.2, -0.15) is 0 Å². The van der Waals surface area contributed by atoms with Gasteiger partial charge in [0.1, 0.15) is 0 Å². The van der Waals surface area contributed by atoms with Crippen LogP contribution in [-0.4, -0.2) is 46.6 Å². The molecule has 2 rings (SSSR count). The third kappa shape index (κ3) is 5.32. The van der Waals surface area contributed by atoms with Gasteiger partial charge in [0.05, 0.1) is 5.52 Å². The maximum Gasteiger partial charge on any atom is 0.311 e. The Bertz CT molecular complexity index is 719. The van der Waals surface area contributed by atoms with E-state index in [0.29, 0.717) is 5.75 Å². The number of carbonyl (C=O) groups is 2. The lowest BCUT2D eigenvalue weighted by Gasteiger charge is -2.17. The Morgan fingerprint density at radius 2 is 1.96 bits per heavy atom. The van der Waals surface area contributed by atoms with E-state index in [1.807, 2.05) is 18.3 Å². The van der Waals surface area contributed by atoms with Crippen LogP contribution in [0.1, 0.15) is 38.7 Å². The second-order valence-corrected chi connectivity index (χ2v) is 5.99. The fourth-order valence-electron chi connectivity index (χ4n) is 2.85. The molecule has 136 valence electrons. The number of nitrogens with one attached hydrogen (secondary N) is 1. The number of H-pyrrole nitrogens is 1. The van der Waals surface area contributed by atoms with Gasteiger partial charge in [0, 0.05) is 31.0 Å². The summed E-state index contributed by atoms with van der Waals surface area (Å²) in [5.74, 6) is -0.822. The number of hydrogen-bond donors (Lipinski definition) is 2. The SMILES string of the molecule is CCN(CC)CCc1c[nH]c2c(OC(=O)CCCC(=O)O)cccc12. The average Bonchev–Trinajstić information content (AvgIpc) is 3.00. The summed E-state index contributed by atoms with van der Waals surface area (Å²) < 4.78 is 5.42. The minimum atomic E-state index is -0.905. The molecule has 25 heavy (non-hydrogen) atoms. The zero-order valence-corrected chi connectivity index (χ0v) is 14.9. The Balaban J connectivity index is 2.04. The van der Waals surface area contributed by atoms with Crippen LogP contribution in [0.25, 0.3) is 10.9 Å². The number of carbonyl (C=O) groups excluding carboxylic acids is 1. The fourth-order valence-corrected chi connectivity index (χ4v) is 2.85. The number of ether oxygens (including phenoxy) is 1. The number of carboxylic acid groups (broad SMARTS) is 1. The summed E-state index contributed by atoms with van der Waals surface area (Å²) in [5.41, 5.74) is 2.01. The van der Waals surface area contributed by atoms with Gasteiger partial charge >= 0.3 is 11.9 Å². The largest absolute Gasteiger partial charge is 0.481 e. The predicted octanol–water partition coefficient (Wildman–Crippen LogP) is 3.21. The van der Waals surface area contributed by atoms with Crippen LogP contribution in [0.15, 0.2) is 24.4 Å². The van der Waals surface area contributed by atoms with Crippen LogP contribution in [0.3, 0.4) is 0 Å². The van der Waals surface area contributed by atoms with Gasteiger partial charge in [0.15, 0.2) is 5.75 Å². The summed E-state index contributed by atoms with van der Waals surface area (Å²) in [6.07, 6.45) is 3.24. The maximum atomic E-state index is 11.9. The Morgan fingerprint density at radius 1 is 1.20 bits per heavy atom. The first kappa shape index (κ1) is 19.0. The van der Waals surface area contributed by atoms with Gasteiger partial charge in [-0.1, -0.05) is 26.0 Å². The van der Waals surface area contributed by atoms with Crippen LogP contribution in [0.2, 0.25) is 0 Å². The number of esters is 1. The van der Waals surface area contributed by atoms with Crippen molar-refractivity contribution < 1.29 is 19.4 Å². The normalized spacial score (nSPS) is 11.2. The smallest absolute Gasteiger partial charge is 0.311 e. The molecule has 0 atom stereocenters. The average molecular weight is 346 g/mol. The molecule has 6 heteroatoms. The zero-order valence-electron chi connectivity index (χ0n) is 14.9. The van der Waals surface area contributed by atoms with Crippen molar-refractivity contribution in [1.82, 2.24) is 9.88 Å². The van der Waals surface area contributed by atoms with E-state index in [2.05, 4.69) is 23.7 Å². The van der Waals surface area contributed by atoms with E-state index in [1.54, 1.807) is 6.07 Å². The third-order valence-electron chi connectivity index (χ3n) is 4.35. The Kier molecular flexibility index (Phi) is 7.01. The van der Waals surface area contributed by atoms with E-state index in [0.717, 1.165) is 37.0 Å². The molecule has 0 bridgehead atoms. The number of rotatable bonds is 10. The zero-order chi connectivity index (χ0) is 18.2. The molecule has 0 unspecified atom stereocenters. The Hall–Kier alpha value is -2.34. The lowest BCUT2D eigenvalue weighted by atomic mass is 10.1. The highest BCUT2D eigenvalue weighted by Gasteiger charge is 2.13. The number of aromatic amines is 1. The minimum absolute atomic E-state index is 0.0304. The lowest BCUT2D eigenvalue weighted by molar-refractivity contribution is -0.137. The molecule has 0 aliphatic heterocycles. The summed E-state index contributed by atoms with van der Waals surface area (Å²) in [4.78, 5) is 28.0. The fraction of sp³-hybridized carbons (Fsp3) is 0.474. The molecule has 0 saturated heterocycles. The number of benzene rings is 1. The molecule has 0 aliphatic rings. The molecule has 1 heterocycles. The van der Waals surface area contributed by atoms with Gasteiger partial charge in [-0.05, 0) is 37.6 Å². The third-order valence-corrected chi connectivity index (χ3v) is 4.35. The molecule has 1 aromatic heterocycles. The first-order chi connectivity index (χ1) is 12.0. The summed E-state index contributed by atoms with van der Waals surface area (Å²) in [7, 11) is 0. The molecule has 0 spiro atoms. The monoisotopic (exact) mass is 346 g/mol. The Morgan fingerprint density at radius 3 is 2.64 bits per heavy atom. The van der Waals surface area contributed by atoms with Crippen molar-refractivity contribution >= 4 is 22.8 Å². The molecular weight excluding hydrogens is 320 g/mol. The number of fused-ring (bicyclic) bond motifs is 1. The second kappa shape index (κ2) is 9.22. The van der Waals surface area contributed by atoms with Crippen LogP contribution >= 0.6 is 0 Å². The number of aromatic nitrogens is 1. The highest BCUT2D eigenvalue weighted by atomic mass is 16.5. The van der Waals surface area contributed by atoms with Crippen molar-refractivity contribution in [3.63, 3.8) is 0 Å². The van der Waals surface area contributed by atoms with Crippen molar-refractivity contribution in [2.24, 2.45) is 0 Å². The molecule has 0 amide bonds. The van der Waals surface area contributed by atoms with Gasteiger partial charge in [-0.3, -0.25) is 9.59 Å². The quantitative estimate of drug-likeness (QED) is 0.510. The molecular formula is C19H26N2O4. The summed E-state index contributed by atoms with van der Waals surface area (Å²) in [6.45, 7) is 7.34. The van der Waals surface area contributed by atoms with Crippen molar-refractivity contribution in [3.05, 3.63) is 30.0 Å². The second-order valence-electron chi connectivity index (χ2n) is 5.99. The van der Waals surface area contributed by atoms with Crippen LogP contribution in [0.5, 0.6) is 5.75 Å². The molecule has 2 N–H and O–H groups in total. The van der Waals surface area contributed by atoms with E-state index >= 15 is 0 Å². The topological polar surface area (TPSA) is 82.6 Å². The standard InChI is InChI=1S/C19H26N2O4/c1-3-21(4-2)12-11-14-13-20-19-15(14)7-5-8-16(19)25-18(24)10-6-9-17(22)23/h5,7-8,13,20H,3-4,6,9-12H2,1-2H3,(H,22,23). The van der Waals surface area contributed by atoms with Crippen LogP contribution in [0.4, 0.5) is 0 Å². The van der Waals surface area contributed by atoms with Gasteiger partial charge in [-0.15, -0.1) is 0 Å². The minimum Gasteiger partial charge on any atom is -0.481 e. The predicted molar refractivity (Wildman–Crippen MR) is 96.9 cm³/mol. The number of para-hydroxylation sites is 1. The van der Waals surface area contributed by atoms with Crippen molar-refractivity contribution in [2.45, 2.75) is 39.5 Å². The number of aliphatic carboxylic acids is 1. The first-order valence-electron chi connectivity index (χ1n) is 8.79. The molecule has 0 radical (unpaired) electrons. The molecule has 6 nitrogen and oxygen atoms in total. The van der Waals surface area contributed by atoms with Crippen LogP contribution < -0.4 is 4.74 Å². The summed E-state index contributed by atoms with van der Waals surface area (Å²) in [5, 5.41) is 9.68. The highest BCUT2D eigenvalue weighted by Crippen LogP contribution is 2.28. The maximum absolute atomic E-state index is 11.9. The van der Waals surface area contributed by atoms with Gasteiger partial charge < -0.3 is 19.7 Å². The molecule has 0 aliphatic carbocycles. The lowest BCUT2D eigenvalue weighted by Crippen LogP contribution is -2.25. The van der Waals surface area contributed by atoms with Gasteiger partial charge in [0.2, 0.25) is 0 Å². The number of carboxylic acids is 1. The van der Waals surface area contributed by atoms with Crippen molar-refractivity contribution in [2.75, 3.05) is 19.6 Å². The van der Waals surface area contributed by atoms with Crippen molar-refractivity contribution in [1.29, 1.82) is 0 Å². The summed E-state index contributed by atoms with van der Waals surface area (Å²) in [6, 6.07) is 5.64. The summed E-state index contributed by atoms with van der Waals surface area (Å²) >= 11 is 0. The van der Waals surface area contributed by atoms with Crippen LogP contribution in [-0.2, 0) is 16.0 Å². The van der Waals surface area contributed by atoms with E-state index in [9.17, 15) is 9.59 Å². The van der Waals surface area contributed by atoms with Gasteiger partial charge in [-0.25, -0.2) is 0 Å². The molecule has 0 saturated carbocycles. The van der Waals surface area contributed by atoms with E-state index in [-0.39, 0.29) is 19.3 Å². The molecule has 0 fully saturated rings. The number of likely N-dealkylation sites (N-methyl/N-ethyl adjacent to an activating group) is 1. The number of hydrogen-bond acceptors (Lipinski definition) is 4. The first-order valence-corrected chi connectivity index (χ1v) is 8.79. The van der Waals surface area contributed by atoms with E-state index in [4.69, 9.17) is 9.84 Å². The van der Waals surface area contributed by atoms with Crippen molar-refractivity contribution in [3.8, 4) is 5.75 Å². The van der Waals surface area contributed by atoms with Crippen LogP contribution in [0, 0.1) is 0 Å². The number of nitrogens with zero attached hydrogens (tertiary/aromatic N) is 1. The Labute approximate surface area is 147 Å². The van der Waals surface area contributed by atoms with Gasteiger partial charge in [0.25, 0.3) is 0 Å². The molecule has 1 aromatic carbocycles.